The summed E-state index contributed by atoms with van der Waals surface area (Å²) in [5.74, 6) is 0. The van der Waals surface area contributed by atoms with Gasteiger partial charge >= 0.3 is 0 Å². The number of hydrogen-bond donors (Lipinski definition) is 2. The molecule has 0 saturated carbocycles. The Labute approximate surface area is 114 Å². The van der Waals surface area contributed by atoms with E-state index >= 15 is 0 Å². The molecule has 0 fully saturated rings. The van der Waals surface area contributed by atoms with E-state index in [1.54, 1.807) is 7.11 Å². The van der Waals surface area contributed by atoms with Crippen molar-refractivity contribution in [2.45, 2.75) is 6.92 Å². The molecular weight excluding hydrogens is 238 g/mol. The maximum atomic E-state index is 4.99. The van der Waals surface area contributed by atoms with Crippen LogP contribution in [0.3, 0.4) is 0 Å². The Bertz CT molecular complexity index is 528. The molecule has 4 heteroatoms. The number of aryl methyl sites for hydroxylation is 1. The van der Waals surface area contributed by atoms with Gasteiger partial charge in [-0.1, -0.05) is 18.2 Å². The summed E-state index contributed by atoms with van der Waals surface area (Å²) in [6.45, 7) is 5.45. The van der Waals surface area contributed by atoms with E-state index in [0.717, 1.165) is 43.1 Å². The van der Waals surface area contributed by atoms with Crippen LogP contribution < -0.4 is 10.6 Å². The van der Waals surface area contributed by atoms with E-state index in [1.165, 1.54) is 5.39 Å². The van der Waals surface area contributed by atoms with E-state index in [9.17, 15) is 0 Å². The highest BCUT2D eigenvalue weighted by Crippen LogP contribution is 2.22. The number of fused-ring (bicyclic) bond motifs is 1. The summed E-state index contributed by atoms with van der Waals surface area (Å²) in [6.07, 6.45) is 0. The Balaban J connectivity index is 1.96. The molecule has 1 heterocycles. The van der Waals surface area contributed by atoms with Crippen molar-refractivity contribution in [2.75, 3.05) is 38.7 Å². The Morgan fingerprint density at radius 1 is 1.16 bits per heavy atom. The second kappa shape index (κ2) is 7.07. The Kier molecular flexibility index (Phi) is 5.12. The minimum Gasteiger partial charge on any atom is -0.383 e. The van der Waals surface area contributed by atoms with Gasteiger partial charge in [0.25, 0.3) is 0 Å². The molecule has 1 aromatic heterocycles. The van der Waals surface area contributed by atoms with Crippen molar-refractivity contribution in [3.63, 3.8) is 0 Å². The Hall–Kier alpha value is -1.65. The van der Waals surface area contributed by atoms with E-state index in [1.807, 2.05) is 25.1 Å². The normalized spacial score (nSPS) is 10.8. The van der Waals surface area contributed by atoms with Crippen LogP contribution in [-0.2, 0) is 4.74 Å². The average molecular weight is 259 g/mol. The van der Waals surface area contributed by atoms with Crippen molar-refractivity contribution in [1.82, 2.24) is 10.3 Å². The largest absolute Gasteiger partial charge is 0.383 e. The van der Waals surface area contributed by atoms with Crippen LogP contribution in [-0.4, -0.2) is 38.3 Å². The minimum absolute atomic E-state index is 0.747. The first-order valence-electron chi connectivity index (χ1n) is 6.61. The molecule has 2 N–H and O–H groups in total. The van der Waals surface area contributed by atoms with Crippen LogP contribution in [0.15, 0.2) is 30.3 Å². The molecule has 2 rings (SSSR count). The van der Waals surface area contributed by atoms with Crippen molar-refractivity contribution in [3.05, 3.63) is 36.0 Å². The van der Waals surface area contributed by atoms with E-state index in [4.69, 9.17) is 4.74 Å². The Morgan fingerprint density at radius 3 is 2.84 bits per heavy atom. The minimum atomic E-state index is 0.747. The zero-order valence-electron chi connectivity index (χ0n) is 11.6. The quantitative estimate of drug-likeness (QED) is 0.748. The zero-order valence-corrected chi connectivity index (χ0v) is 11.6. The maximum Gasteiger partial charge on any atom is 0.0725 e. The van der Waals surface area contributed by atoms with Gasteiger partial charge in [0, 0.05) is 43.5 Å². The van der Waals surface area contributed by atoms with Gasteiger partial charge in [-0.05, 0) is 19.1 Å². The molecule has 1 aromatic carbocycles. The third kappa shape index (κ3) is 3.91. The summed E-state index contributed by atoms with van der Waals surface area (Å²) in [4.78, 5) is 4.53. The molecule has 0 aliphatic heterocycles. The first kappa shape index (κ1) is 13.8. The summed E-state index contributed by atoms with van der Waals surface area (Å²) < 4.78 is 4.99. The number of methoxy groups -OCH3 is 1. The van der Waals surface area contributed by atoms with E-state index in [-0.39, 0.29) is 0 Å². The van der Waals surface area contributed by atoms with Crippen molar-refractivity contribution in [2.24, 2.45) is 0 Å². The van der Waals surface area contributed by atoms with Crippen LogP contribution in [0, 0.1) is 6.92 Å². The highest BCUT2D eigenvalue weighted by Gasteiger charge is 2.02. The second-order valence-corrected chi connectivity index (χ2v) is 4.50. The monoisotopic (exact) mass is 259 g/mol. The molecule has 0 aliphatic rings. The molecule has 0 saturated heterocycles. The summed E-state index contributed by atoms with van der Waals surface area (Å²) in [6, 6.07) is 10.3. The predicted octanol–water partition coefficient (Wildman–Crippen LogP) is 2.19. The molecule has 0 radical (unpaired) electrons. The van der Waals surface area contributed by atoms with Crippen LogP contribution in [0.2, 0.25) is 0 Å². The number of pyridine rings is 1. The van der Waals surface area contributed by atoms with Gasteiger partial charge in [0.05, 0.1) is 12.1 Å². The van der Waals surface area contributed by atoms with Gasteiger partial charge in [0.1, 0.15) is 0 Å². The van der Waals surface area contributed by atoms with Crippen LogP contribution >= 0.6 is 0 Å². The van der Waals surface area contributed by atoms with E-state index in [2.05, 4.69) is 27.8 Å². The highest BCUT2D eigenvalue weighted by molar-refractivity contribution is 5.91. The van der Waals surface area contributed by atoms with Crippen molar-refractivity contribution < 1.29 is 4.74 Å². The first-order chi connectivity index (χ1) is 9.31. The lowest BCUT2D eigenvalue weighted by molar-refractivity contribution is 0.200. The molecule has 2 aromatic rings. The van der Waals surface area contributed by atoms with Gasteiger partial charge in [0.2, 0.25) is 0 Å². The molecule has 4 nitrogen and oxygen atoms in total. The lowest BCUT2D eigenvalue weighted by Gasteiger charge is -2.11. The summed E-state index contributed by atoms with van der Waals surface area (Å²) in [5, 5.41) is 7.95. The smallest absolute Gasteiger partial charge is 0.0725 e. The van der Waals surface area contributed by atoms with Gasteiger partial charge < -0.3 is 15.4 Å². The molecule has 0 unspecified atom stereocenters. The lowest BCUT2D eigenvalue weighted by atomic mass is 10.1. The number of rotatable bonds is 7. The Morgan fingerprint density at radius 2 is 2.00 bits per heavy atom. The van der Waals surface area contributed by atoms with Crippen LogP contribution in [0.1, 0.15) is 5.69 Å². The third-order valence-corrected chi connectivity index (χ3v) is 2.94. The molecule has 0 aliphatic carbocycles. The highest BCUT2D eigenvalue weighted by atomic mass is 16.5. The number of benzene rings is 1. The molecule has 0 spiro atoms. The van der Waals surface area contributed by atoms with Gasteiger partial charge in [-0.3, -0.25) is 4.98 Å². The third-order valence-electron chi connectivity index (χ3n) is 2.94. The number of aromatic nitrogens is 1. The molecule has 102 valence electrons. The first-order valence-corrected chi connectivity index (χ1v) is 6.61. The predicted molar refractivity (Wildman–Crippen MR) is 79.7 cm³/mol. The fourth-order valence-electron chi connectivity index (χ4n) is 2.04. The van der Waals surface area contributed by atoms with Gasteiger partial charge in [0.15, 0.2) is 0 Å². The van der Waals surface area contributed by atoms with Crippen LogP contribution in [0.5, 0.6) is 0 Å². The zero-order chi connectivity index (χ0) is 13.5. The van der Waals surface area contributed by atoms with Gasteiger partial charge in [-0.15, -0.1) is 0 Å². The van der Waals surface area contributed by atoms with E-state index < -0.39 is 0 Å². The van der Waals surface area contributed by atoms with Crippen LogP contribution in [0.4, 0.5) is 5.69 Å². The summed E-state index contributed by atoms with van der Waals surface area (Å²) in [5.41, 5.74) is 3.22. The number of nitrogens with one attached hydrogen (secondary N) is 2. The standard InChI is InChI=1S/C15H21N3O/c1-12-11-15(17-8-7-16-9-10-19-2)13-5-3-4-6-14(13)18-12/h3-6,11,16H,7-10H2,1-2H3,(H,17,18). The molecule has 0 bridgehead atoms. The fraction of sp³-hybridized carbons (Fsp3) is 0.400. The number of anilines is 1. The topological polar surface area (TPSA) is 46.2 Å². The molecule has 0 atom stereocenters. The SMILES string of the molecule is COCCNCCNc1cc(C)nc2ccccc12. The molecule has 19 heavy (non-hydrogen) atoms. The number of ether oxygens (including phenoxy) is 1. The number of para-hydroxylation sites is 1. The summed E-state index contributed by atoms with van der Waals surface area (Å²) >= 11 is 0. The van der Waals surface area contributed by atoms with Crippen molar-refractivity contribution in [3.8, 4) is 0 Å². The number of nitrogens with zero attached hydrogens (tertiary/aromatic N) is 1. The second-order valence-electron chi connectivity index (χ2n) is 4.50. The number of hydrogen-bond acceptors (Lipinski definition) is 4. The maximum absolute atomic E-state index is 4.99. The van der Waals surface area contributed by atoms with Gasteiger partial charge in [-0.25, -0.2) is 0 Å². The van der Waals surface area contributed by atoms with Crippen LogP contribution in [0.25, 0.3) is 10.9 Å². The fourth-order valence-corrected chi connectivity index (χ4v) is 2.04. The average Bonchev–Trinajstić information content (AvgIpc) is 2.42. The van der Waals surface area contributed by atoms with Crippen molar-refractivity contribution >= 4 is 16.6 Å². The van der Waals surface area contributed by atoms with Gasteiger partial charge in [-0.2, -0.15) is 0 Å². The lowest BCUT2D eigenvalue weighted by Crippen LogP contribution is -2.25. The summed E-state index contributed by atoms with van der Waals surface area (Å²) in [7, 11) is 1.71. The molecular formula is C15H21N3O. The van der Waals surface area contributed by atoms with E-state index in [0.29, 0.717) is 0 Å². The molecule has 0 amide bonds. The van der Waals surface area contributed by atoms with Crippen molar-refractivity contribution in [1.29, 1.82) is 0 Å².